The number of amides is 1. The van der Waals surface area contributed by atoms with E-state index in [1.165, 1.54) is 16.7 Å². The van der Waals surface area contributed by atoms with E-state index in [1.807, 2.05) is 36.4 Å². The summed E-state index contributed by atoms with van der Waals surface area (Å²) in [6.45, 7) is 0.244. The first-order valence-corrected chi connectivity index (χ1v) is 11.2. The van der Waals surface area contributed by atoms with E-state index < -0.39 is 0 Å². The van der Waals surface area contributed by atoms with Gasteiger partial charge in [0.25, 0.3) is 5.91 Å². The Kier molecular flexibility index (Phi) is 7.27. The van der Waals surface area contributed by atoms with Gasteiger partial charge in [-0.05, 0) is 53.2 Å². The largest absolute Gasteiger partial charge is 0.467 e. The van der Waals surface area contributed by atoms with Gasteiger partial charge in [0.05, 0.1) is 27.8 Å². The topological polar surface area (TPSA) is 58.2 Å². The highest BCUT2D eigenvalue weighted by molar-refractivity contribution is 8.18. The van der Waals surface area contributed by atoms with Crippen molar-refractivity contribution in [2.45, 2.75) is 6.54 Å². The van der Waals surface area contributed by atoms with Crippen molar-refractivity contribution in [1.29, 1.82) is 0 Å². The minimum Gasteiger partial charge on any atom is -0.467 e. The van der Waals surface area contributed by atoms with Crippen LogP contribution in [-0.2, 0) is 11.3 Å². The third-order valence-corrected chi connectivity index (χ3v) is 6.26. The molecule has 8 heteroatoms. The van der Waals surface area contributed by atoms with Crippen LogP contribution in [0.5, 0.6) is 0 Å². The smallest absolute Gasteiger partial charge is 0.267 e. The Hall–Kier alpha value is -3.06. The van der Waals surface area contributed by atoms with Crippen LogP contribution in [0.4, 0.5) is 0 Å². The van der Waals surface area contributed by atoms with Crippen LogP contribution in [0.3, 0.4) is 0 Å². The Morgan fingerprint density at radius 3 is 2.66 bits per heavy atom. The van der Waals surface area contributed by atoms with Crippen LogP contribution in [-0.4, -0.2) is 22.2 Å². The van der Waals surface area contributed by atoms with E-state index >= 15 is 0 Å². The maximum Gasteiger partial charge on any atom is 0.267 e. The normalized spacial score (nSPS) is 16.9. The standard InChI is InChI=1S/C24H17Cl2N3O2S/c25-20-12-4-10-18(22(20)26)15-21-23(30)29(16-19-11-6-14-31-19)24(32-21)28-27-13-5-9-17-7-2-1-3-8-17/h1-15H,16H2/b9-5+,21-15-,27-13-,28-24+. The summed E-state index contributed by atoms with van der Waals surface area (Å²) in [6, 6.07) is 18.7. The molecule has 0 bridgehead atoms. The second-order valence-electron chi connectivity index (χ2n) is 6.64. The number of halogens is 2. The maximum absolute atomic E-state index is 13.1. The number of rotatable bonds is 6. The molecule has 1 aliphatic rings. The molecular weight excluding hydrogens is 465 g/mol. The lowest BCUT2D eigenvalue weighted by atomic mass is 10.2. The van der Waals surface area contributed by atoms with Gasteiger partial charge in [0.2, 0.25) is 0 Å². The average molecular weight is 482 g/mol. The van der Waals surface area contributed by atoms with Gasteiger partial charge in [0.15, 0.2) is 5.17 Å². The number of furan rings is 1. The van der Waals surface area contributed by atoms with E-state index in [4.69, 9.17) is 27.6 Å². The number of allylic oxidation sites excluding steroid dienone is 1. The van der Waals surface area contributed by atoms with Gasteiger partial charge in [-0.1, -0.05) is 71.7 Å². The van der Waals surface area contributed by atoms with Crippen molar-refractivity contribution in [3.63, 3.8) is 0 Å². The van der Waals surface area contributed by atoms with Gasteiger partial charge in [-0.15, -0.1) is 5.10 Å². The zero-order valence-electron chi connectivity index (χ0n) is 16.7. The van der Waals surface area contributed by atoms with Crippen molar-refractivity contribution < 1.29 is 9.21 Å². The van der Waals surface area contributed by atoms with Crippen molar-refractivity contribution in [2.75, 3.05) is 0 Å². The third-order valence-electron chi connectivity index (χ3n) is 4.43. The van der Waals surface area contributed by atoms with Crippen molar-refractivity contribution in [2.24, 2.45) is 10.2 Å². The minimum atomic E-state index is -0.212. The molecule has 1 aromatic heterocycles. The van der Waals surface area contributed by atoms with E-state index in [0.29, 0.717) is 31.4 Å². The summed E-state index contributed by atoms with van der Waals surface area (Å²) in [6.07, 6.45) is 8.56. The maximum atomic E-state index is 13.1. The van der Waals surface area contributed by atoms with Gasteiger partial charge in [0, 0.05) is 6.21 Å². The molecule has 5 nitrogen and oxygen atoms in total. The van der Waals surface area contributed by atoms with Gasteiger partial charge >= 0.3 is 0 Å². The number of nitrogens with zero attached hydrogens (tertiary/aromatic N) is 3. The van der Waals surface area contributed by atoms with E-state index in [0.717, 1.165) is 5.56 Å². The second kappa shape index (κ2) is 10.5. The Morgan fingerprint density at radius 1 is 1.03 bits per heavy atom. The molecule has 0 aliphatic carbocycles. The number of carbonyl (C=O) groups is 1. The fraction of sp³-hybridized carbons (Fsp3) is 0.0417. The Bertz CT molecular complexity index is 1220. The number of benzene rings is 2. The molecule has 0 unspecified atom stereocenters. The molecule has 0 saturated carbocycles. The van der Waals surface area contributed by atoms with E-state index in [2.05, 4.69) is 10.2 Å². The fourth-order valence-electron chi connectivity index (χ4n) is 2.89. The van der Waals surface area contributed by atoms with Gasteiger partial charge in [-0.25, -0.2) is 0 Å². The molecular formula is C24H17Cl2N3O2S. The molecule has 4 rings (SSSR count). The summed E-state index contributed by atoms with van der Waals surface area (Å²) in [5.74, 6) is 0.429. The van der Waals surface area contributed by atoms with Crippen LogP contribution in [0.2, 0.25) is 10.0 Å². The summed E-state index contributed by atoms with van der Waals surface area (Å²) in [5.41, 5.74) is 1.71. The van der Waals surface area contributed by atoms with Gasteiger partial charge < -0.3 is 4.42 Å². The van der Waals surface area contributed by atoms with E-state index in [9.17, 15) is 4.79 Å². The summed E-state index contributed by atoms with van der Waals surface area (Å²) >= 11 is 13.6. The highest BCUT2D eigenvalue weighted by atomic mass is 35.5. The molecule has 0 atom stereocenters. The zero-order chi connectivity index (χ0) is 22.3. The van der Waals surface area contributed by atoms with Crippen LogP contribution in [0.15, 0.2) is 92.5 Å². The van der Waals surface area contributed by atoms with Crippen LogP contribution in [0.25, 0.3) is 12.2 Å². The van der Waals surface area contributed by atoms with Crippen molar-refractivity contribution in [1.82, 2.24) is 4.90 Å². The first-order valence-electron chi connectivity index (χ1n) is 9.62. The molecule has 1 aliphatic heterocycles. The molecule has 2 heterocycles. The van der Waals surface area contributed by atoms with Crippen molar-refractivity contribution in [3.05, 3.63) is 105 Å². The predicted molar refractivity (Wildman–Crippen MR) is 133 cm³/mol. The van der Waals surface area contributed by atoms with Crippen molar-refractivity contribution >= 4 is 64.4 Å². The molecule has 32 heavy (non-hydrogen) atoms. The van der Waals surface area contributed by atoms with Crippen LogP contribution in [0, 0.1) is 0 Å². The third kappa shape index (κ3) is 5.40. The van der Waals surface area contributed by atoms with Crippen LogP contribution < -0.4 is 0 Å². The highest BCUT2D eigenvalue weighted by Crippen LogP contribution is 2.36. The summed E-state index contributed by atoms with van der Waals surface area (Å²) in [7, 11) is 0. The average Bonchev–Trinajstić information content (AvgIpc) is 3.42. The number of hydrogen-bond acceptors (Lipinski definition) is 5. The summed E-state index contributed by atoms with van der Waals surface area (Å²) < 4.78 is 5.41. The Balaban J connectivity index is 1.58. The predicted octanol–water partition coefficient (Wildman–Crippen LogP) is 6.76. The summed E-state index contributed by atoms with van der Waals surface area (Å²) in [5, 5.41) is 9.63. The quantitative estimate of drug-likeness (QED) is 0.222. The molecule has 160 valence electrons. The van der Waals surface area contributed by atoms with E-state index in [-0.39, 0.29) is 12.5 Å². The number of carbonyl (C=O) groups excluding carboxylic acids is 1. The number of amidine groups is 1. The Morgan fingerprint density at radius 2 is 1.88 bits per heavy atom. The Labute approximate surface area is 199 Å². The fourth-order valence-corrected chi connectivity index (χ4v) is 4.18. The van der Waals surface area contributed by atoms with Gasteiger partial charge in [-0.3, -0.25) is 9.69 Å². The lowest BCUT2D eigenvalue weighted by Gasteiger charge is -2.12. The molecule has 1 amide bonds. The number of thioether (sulfide) groups is 1. The molecule has 0 spiro atoms. The lowest BCUT2D eigenvalue weighted by molar-refractivity contribution is -0.122. The highest BCUT2D eigenvalue weighted by Gasteiger charge is 2.34. The molecule has 3 aromatic rings. The van der Waals surface area contributed by atoms with Crippen LogP contribution in [0.1, 0.15) is 16.9 Å². The molecule has 0 radical (unpaired) electrons. The van der Waals surface area contributed by atoms with Gasteiger partial charge in [0.1, 0.15) is 5.76 Å². The lowest BCUT2D eigenvalue weighted by Crippen LogP contribution is -2.28. The first kappa shape index (κ1) is 22.1. The second-order valence-corrected chi connectivity index (χ2v) is 8.44. The first-order chi connectivity index (χ1) is 15.6. The van der Waals surface area contributed by atoms with Crippen molar-refractivity contribution in [3.8, 4) is 0 Å². The number of hydrogen-bond donors (Lipinski definition) is 0. The molecule has 2 aromatic carbocycles. The minimum absolute atomic E-state index is 0.212. The van der Waals surface area contributed by atoms with E-state index in [1.54, 1.807) is 55.0 Å². The molecule has 0 N–H and O–H groups in total. The molecule has 1 fully saturated rings. The summed E-state index contributed by atoms with van der Waals surface area (Å²) in [4.78, 5) is 15.1. The van der Waals surface area contributed by atoms with Crippen LogP contribution >= 0.6 is 35.0 Å². The zero-order valence-corrected chi connectivity index (χ0v) is 19.0. The van der Waals surface area contributed by atoms with Gasteiger partial charge in [-0.2, -0.15) is 5.10 Å². The monoisotopic (exact) mass is 481 g/mol. The SMILES string of the molecule is O=C1/C(=C/c2cccc(Cl)c2Cl)S/C(=N/N=C\C=C\c2ccccc2)N1Cc1ccco1. The molecule has 1 saturated heterocycles.